The van der Waals surface area contributed by atoms with Crippen LogP contribution in [0.25, 0.3) is 0 Å². The maximum Gasteiger partial charge on any atom is 0.306 e. The zero-order chi connectivity index (χ0) is 42.8. The van der Waals surface area contributed by atoms with E-state index in [2.05, 4.69) is 62.5 Å². The lowest BCUT2D eigenvalue weighted by Crippen LogP contribution is -2.37. The summed E-state index contributed by atoms with van der Waals surface area (Å²) in [5, 5.41) is 0. The molecule has 0 aromatic rings. The largest absolute Gasteiger partial charge is 0.756 e. The number of carbonyl (C=O) groups is 2. The molecule has 58 heavy (non-hydrogen) atoms. The Morgan fingerprint density at radius 1 is 0.534 bits per heavy atom. The highest BCUT2D eigenvalue weighted by atomic mass is 31.2. The molecule has 0 bridgehead atoms. The van der Waals surface area contributed by atoms with Gasteiger partial charge in [-0.3, -0.25) is 14.2 Å². The first-order valence-corrected chi connectivity index (χ1v) is 24.8. The predicted molar refractivity (Wildman–Crippen MR) is 240 cm³/mol. The maximum absolute atomic E-state index is 12.7. The number of allylic oxidation sites excluding steroid dienone is 8. The molecule has 9 nitrogen and oxygen atoms in total. The first kappa shape index (κ1) is 56.0. The van der Waals surface area contributed by atoms with E-state index in [0.717, 1.165) is 57.8 Å². The average Bonchev–Trinajstić information content (AvgIpc) is 3.17. The fourth-order valence-corrected chi connectivity index (χ4v) is 6.90. The van der Waals surface area contributed by atoms with E-state index in [1.807, 2.05) is 21.1 Å². The van der Waals surface area contributed by atoms with Gasteiger partial charge in [0.15, 0.2) is 6.10 Å². The van der Waals surface area contributed by atoms with Gasteiger partial charge in [0.1, 0.15) is 19.8 Å². The normalized spacial score (nSPS) is 14.0. The molecule has 0 N–H and O–H groups in total. The first-order valence-electron chi connectivity index (χ1n) is 23.3. The van der Waals surface area contributed by atoms with Crippen LogP contribution in [-0.2, 0) is 32.7 Å². The number of hydrogen-bond acceptors (Lipinski definition) is 8. The molecule has 0 aromatic carbocycles. The topological polar surface area (TPSA) is 111 Å². The Kier molecular flexibility index (Phi) is 39.0. The third-order valence-electron chi connectivity index (χ3n) is 9.85. The number of esters is 2. The van der Waals surface area contributed by atoms with E-state index in [4.69, 9.17) is 18.5 Å². The lowest BCUT2D eigenvalue weighted by molar-refractivity contribution is -0.870. The molecule has 0 aliphatic rings. The third-order valence-corrected chi connectivity index (χ3v) is 10.8. The van der Waals surface area contributed by atoms with Crippen molar-refractivity contribution in [2.45, 2.75) is 200 Å². The minimum Gasteiger partial charge on any atom is -0.756 e. The van der Waals surface area contributed by atoms with Crippen LogP contribution < -0.4 is 4.89 Å². The Balaban J connectivity index is 4.39. The molecule has 0 amide bonds. The Morgan fingerprint density at radius 3 is 1.41 bits per heavy atom. The van der Waals surface area contributed by atoms with Gasteiger partial charge in [-0.15, -0.1) is 0 Å². The van der Waals surface area contributed by atoms with Gasteiger partial charge < -0.3 is 27.9 Å². The lowest BCUT2D eigenvalue weighted by atomic mass is 10.0. The average molecular weight is 838 g/mol. The van der Waals surface area contributed by atoms with Crippen molar-refractivity contribution >= 4 is 19.8 Å². The van der Waals surface area contributed by atoms with E-state index < -0.39 is 32.5 Å². The van der Waals surface area contributed by atoms with Crippen LogP contribution in [0.15, 0.2) is 48.6 Å². The summed E-state index contributed by atoms with van der Waals surface area (Å²) < 4.78 is 33.9. The SMILES string of the molecule is CCCCCC=CCC=CCC=CCC=CCCCCCC(=O)OC(COC(=O)CCCCCCCCCCCCCCCCC)COP(=O)([O-])OCC[N+](C)(C)C. The molecular weight excluding hydrogens is 750 g/mol. The molecule has 0 heterocycles. The van der Waals surface area contributed by atoms with Crippen LogP contribution >= 0.6 is 7.82 Å². The summed E-state index contributed by atoms with van der Waals surface area (Å²) in [6.45, 7) is 4.17. The minimum atomic E-state index is -4.63. The number of ether oxygens (including phenoxy) is 2. The Morgan fingerprint density at radius 2 is 0.931 bits per heavy atom. The number of hydrogen-bond donors (Lipinski definition) is 0. The van der Waals surface area contributed by atoms with Crippen LogP contribution in [0, 0.1) is 0 Å². The Labute approximate surface area is 356 Å². The monoisotopic (exact) mass is 838 g/mol. The second-order valence-electron chi connectivity index (χ2n) is 16.8. The van der Waals surface area contributed by atoms with Gasteiger partial charge in [0, 0.05) is 12.8 Å². The summed E-state index contributed by atoms with van der Waals surface area (Å²) in [5.41, 5.74) is 0. The zero-order valence-electron chi connectivity index (χ0n) is 38.0. The molecule has 0 radical (unpaired) electrons. The van der Waals surface area contributed by atoms with Gasteiger partial charge in [0.05, 0.1) is 27.7 Å². The molecule has 0 aliphatic heterocycles. The molecule has 0 saturated carbocycles. The van der Waals surface area contributed by atoms with Crippen molar-refractivity contribution in [3.05, 3.63) is 48.6 Å². The number of quaternary nitrogens is 1. The van der Waals surface area contributed by atoms with Crippen molar-refractivity contribution in [2.24, 2.45) is 0 Å². The summed E-state index contributed by atoms with van der Waals surface area (Å²) in [6, 6.07) is 0. The first-order chi connectivity index (χ1) is 28.0. The van der Waals surface area contributed by atoms with Crippen LogP contribution in [0.5, 0.6) is 0 Å². The summed E-state index contributed by atoms with van der Waals surface area (Å²) in [5.74, 6) is -0.867. The summed E-state index contributed by atoms with van der Waals surface area (Å²) in [7, 11) is 1.14. The number of nitrogens with zero attached hydrogens (tertiary/aromatic N) is 1. The highest BCUT2D eigenvalue weighted by Gasteiger charge is 2.21. The van der Waals surface area contributed by atoms with Gasteiger partial charge >= 0.3 is 11.9 Å². The quantitative estimate of drug-likeness (QED) is 0.0196. The van der Waals surface area contributed by atoms with Gasteiger partial charge in [0.25, 0.3) is 7.82 Å². The van der Waals surface area contributed by atoms with Crippen LogP contribution in [0.2, 0.25) is 0 Å². The van der Waals surface area contributed by atoms with E-state index in [0.29, 0.717) is 17.4 Å². The van der Waals surface area contributed by atoms with Gasteiger partial charge in [-0.05, 0) is 57.8 Å². The smallest absolute Gasteiger partial charge is 0.306 e. The molecule has 0 rings (SSSR count). The number of carbonyl (C=O) groups excluding carboxylic acids is 2. The summed E-state index contributed by atoms with van der Waals surface area (Å²) >= 11 is 0. The lowest BCUT2D eigenvalue weighted by Gasteiger charge is -2.28. The zero-order valence-corrected chi connectivity index (χ0v) is 38.9. The molecule has 0 aromatic heterocycles. The van der Waals surface area contributed by atoms with Crippen molar-refractivity contribution in [3.63, 3.8) is 0 Å². The van der Waals surface area contributed by atoms with E-state index >= 15 is 0 Å². The molecule has 2 unspecified atom stereocenters. The van der Waals surface area contributed by atoms with E-state index in [1.165, 1.54) is 103 Å². The fraction of sp³-hybridized carbons (Fsp3) is 0.792. The third kappa shape index (κ3) is 43.5. The maximum atomic E-state index is 12.7. The highest BCUT2D eigenvalue weighted by Crippen LogP contribution is 2.38. The Bertz CT molecular complexity index is 1130. The molecule has 2 atom stereocenters. The fourth-order valence-electron chi connectivity index (χ4n) is 6.17. The Hall–Kier alpha value is -2.03. The second-order valence-corrected chi connectivity index (χ2v) is 18.2. The molecule has 338 valence electrons. The standard InChI is InChI=1S/C48H88NO8P/c1-6-8-10-12-14-16-18-20-22-23-24-25-27-29-31-33-35-37-39-41-48(51)57-46(45-56-58(52,53)55-43-42-49(3,4)5)44-54-47(50)40-38-36-34-32-30-28-26-21-19-17-15-13-11-9-7-2/h14,16,20,22,24-25,29,31,46H,6-13,15,17-19,21,23,26-28,30,32-45H2,1-5H3. The van der Waals surface area contributed by atoms with Crippen LogP contribution in [0.3, 0.4) is 0 Å². The van der Waals surface area contributed by atoms with Gasteiger partial charge in [-0.1, -0.05) is 172 Å². The summed E-state index contributed by atoms with van der Waals surface area (Å²) in [6.07, 6.45) is 47.0. The molecule has 0 aliphatic carbocycles. The van der Waals surface area contributed by atoms with E-state index in [1.54, 1.807) is 0 Å². The number of likely N-dealkylation sites (N-methyl/N-ethyl adjacent to an activating group) is 1. The molecule has 10 heteroatoms. The predicted octanol–water partition coefficient (Wildman–Crippen LogP) is 12.8. The van der Waals surface area contributed by atoms with Gasteiger partial charge in [-0.25, -0.2) is 0 Å². The number of rotatable bonds is 42. The van der Waals surface area contributed by atoms with Gasteiger partial charge in [-0.2, -0.15) is 0 Å². The molecular formula is C48H88NO8P. The number of phosphoric acid groups is 1. The van der Waals surface area contributed by atoms with Crippen LogP contribution in [0.4, 0.5) is 0 Å². The second kappa shape index (κ2) is 40.4. The number of phosphoric ester groups is 1. The summed E-state index contributed by atoms with van der Waals surface area (Å²) in [4.78, 5) is 37.6. The molecule has 0 fully saturated rings. The van der Waals surface area contributed by atoms with Crippen molar-refractivity contribution in [2.75, 3.05) is 47.5 Å². The van der Waals surface area contributed by atoms with E-state index in [-0.39, 0.29) is 26.1 Å². The minimum absolute atomic E-state index is 0.0377. The van der Waals surface area contributed by atoms with Crippen molar-refractivity contribution in [1.82, 2.24) is 0 Å². The van der Waals surface area contributed by atoms with Gasteiger partial charge in [0.2, 0.25) is 0 Å². The van der Waals surface area contributed by atoms with Crippen LogP contribution in [-0.4, -0.2) is 70.0 Å². The van der Waals surface area contributed by atoms with Crippen molar-refractivity contribution < 1.29 is 42.1 Å². The van der Waals surface area contributed by atoms with E-state index in [9.17, 15) is 19.0 Å². The molecule has 0 spiro atoms. The number of unbranched alkanes of at least 4 members (excludes halogenated alkanes) is 20. The molecule has 0 saturated heterocycles. The van der Waals surface area contributed by atoms with Crippen LogP contribution in [0.1, 0.15) is 194 Å². The van der Waals surface area contributed by atoms with Crippen molar-refractivity contribution in [1.29, 1.82) is 0 Å². The highest BCUT2D eigenvalue weighted by molar-refractivity contribution is 7.45. The van der Waals surface area contributed by atoms with Crippen molar-refractivity contribution in [3.8, 4) is 0 Å².